The van der Waals surface area contributed by atoms with Crippen molar-refractivity contribution in [1.82, 2.24) is 4.98 Å². The number of carbonyl (C=O) groups is 1. The van der Waals surface area contributed by atoms with Crippen LogP contribution in [0.25, 0.3) is 11.1 Å². The zero-order chi connectivity index (χ0) is 15.6. The van der Waals surface area contributed by atoms with E-state index in [0.29, 0.717) is 18.0 Å². The maximum Gasteiger partial charge on any atom is 0.241 e. The molecule has 1 atom stereocenters. The van der Waals surface area contributed by atoms with E-state index in [2.05, 4.69) is 10.3 Å². The Morgan fingerprint density at radius 3 is 2.76 bits per heavy atom. The standard InChI is InChI=1S/C16H23N3O2/c1-5-6-11(17)14(20)18-10-7-8-13-12(9-10)19-15(21-13)16(2,3)4/h7-9,11H,5-6,17H2,1-4H3,(H,18,20). The van der Waals surface area contributed by atoms with Crippen molar-refractivity contribution in [2.45, 2.75) is 52.0 Å². The second kappa shape index (κ2) is 5.85. The first-order valence-electron chi connectivity index (χ1n) is 7.28. The van der Waals surface area contributed by atoms with Gasteiger partial charge in [0.1, 0.15) is 5.52 Å². The lowest BCUT2D eigenvalue weighted by molar-refractivity contribution is -0.117. The largest absolute Gasteiger partial charge is 0.440 e. The Labute approximate surface area is 124 Å². The molecule has 1 heterocycles. The van der Waals surface area contributed by atoms with Gasteiger partial charge in [-0.1, -0.05) is 34.1 Å². The quantitative estimate of drug-likeness (QED) is 0.905. The van der Waals surface area contributed by atoms with Crippen LogP contribution in [0.1, 0.15) is 46.4 Å². The zero-order valence-corrected chi connectivity index (χ0v) is 13.1. The lowest BCUT2D eigenvalue weighted by Crippen LogP contribution is -2.35. The molecule has 0 radical (unpaired) electrons. The third-order valence-electron chi connectivity index (χ3n) is 3.23. The summed E-state index contributed by atoms with van der Waals surface area (Å²) < 4.78 is 5.73. The third-order valence-corrected chi connectivity index (χ3v) is 3.23. The van der Waals surface area contributed by atoms with E-state index in [9.17, 15) is 4.79 Å². The molecule has 0 bridgehead atoms. The predicted molar refractivity (Wildman–Crippen MR) is 84.2 cm³/mol. The van der Waals surface area contributed by atoms with Gasteiger partial charge in [0.2, 0.25) is 11.8 Å². The van der Waals surface area contributed by atoms with Gasteiger partial charge in [0.15, 0.2) is 5.58 Å². The first-order valence-corrected chi connectivity index (χ1v) is 7.28. The Kier molecular flexibility index (Phi) is 4.32. The van der Waals surface area contributed by atoms with Crippen molar-refractivity contribution in [3.63, 3.8) is 0 Å². The average Bonchev–Trinajstić information content (AvgIpc) is 2.82. The van der Waals surface area contributed by atoms with E-state index in [-0.39, 0.29) is 11.3 Å². The SMILES string of the molecule is CCCC(N)C(=O)Nc1ccc2oc(C(C)(C)C)nc2c1. The summed E-state index contributed by atoms with van der Waals surface area (Å²) in [4.78, 5) is 16.4. The van der Waals surface area contributed by atoms with Crippen LogP contribution in [0.3, 0.4) is 0 Å². The zero-order valence-electron chi connectivity index (χ0n) is 13.1. The number of nitrogens with two attached hydrogens (primary N) is 1. The summed E-state index contributed by atoms with van der Waals surface area (Å²) in [5, 5.41) is 2.82. The molecule has 1 aromatic carbocycles. The van der Waals surface area contributed by atoms with Gasteiger partial charge in [-0.15, -0.1) is 0 Å². The molecule has 0 aliphatic carbocycles. The van der Waals surface area contributed by atoms with Crippen molar-refractivity contribution in [2.24, 2.45) is 5.73 Å². The summed E-state index contributed by atoms with van der Waals surface area (Å²) in [6.07, 6.45) is 1.55. The normalized spacial score (nSPS) is 13.4. The van der Waals surface area contributed by atoms with Gasteiger partial charge in [-0.25, -0.2) is 4.98 Å². The van der Waals surface area contributed by atoms with Crippen molar-refractivity contribution >= 4 is 22.7 Å². The Morgan fingerprint density at radius 1 is 1.43 bits per heavy atom. The molecule has 2 rings (SSSR count). The molecule has 21 heavy (non-hydrogen) atoms. The number of oxazole rings is 1. The maximum absolute atomic E-state index is 11.9. The Morgan fingerprint density at radius 2 is 2.14 bits per heavy atom. The van der Waals surface area contributed by atoms with Crippen LogP contribution in [0.4, 0.5) is 5.69 Å². The van der Waals surface area contributed by atoms with Crippen molar-refractivity contribution < 1.29 is 9.21 Å². The molecule has 2 aromatic rings. The predicted octanol–water partition coefficient (Wildman–Crippen LogP) is 3.19. The van der Waals surface area contributed by atoms with Crippen molar-refractivity contribution in [2.75, 3.05) is 5.32 Å². The van der Waals surface area contributed by atoms with Gasteiger partial charge < -0.3 is 15.5 Å². The summed E-state index contributed by atoms with van der Waals surface area (Å²) in [5.74, 6) is 0.513. The summed E-state index contributed by atoms with van der Waals surface area (Å²) in [7, 11) is 0. The van der Waals surface area contributed by atoms with Crippen LogP contribution >= 0.6 is 0 Å². The topological polar surface area (TPSA) is 81.2 Å². The van der Waals surface area contributed by atoms with Crippen LogP contribution in [0, 0.1) is 0 Å². The van der Waals surface area contributed by atoms with Crippen LogP contribution in [-0.4, -0.2) is 16.9 Å². The summed E-state index contributed by atoms with van der Waals surface area (Å²) in [6, 6.07) is 4.95. The van der Waals surface area contributed by atoms with Gasteiger partial charge in [-0.2, -0.15) is 0 Å². The van der Waals surface area contributed by atoms with Crippen LogP contribution in [-0.2, 0) is 10.2 Å². The molecule has 1 unspecified atom stereocenters. The van der Waals surface area contributed by atoms with Crippen LogP contribution in [0.5, 0.6) is 0 Å². The highest BCUT2D eigenvalue weighted by molar-refractivity contribution is 5.96. The van der Waals surface area contributed by atoms with E-state index in [1.807, 2.05) is 39.8 Å². The fourth-order valence-electron chi connectivity index (χ4n) is 2.00. The van der Waals surface area contributed by atoms with Crippen molar-refractivity contribution in [3.8, 4) is 0 Å². The van der Waals surface area contributed by atoms with E-state index < -0.39 is 6.04 Å². The maximum atomic E-state index is 11.9. The lowest BCUT2D eigenvalue weighted by atomic mass is 9.97. The van der Waals surface area contributed by atoms with Gasteiger partial charge in [0.25, 0.3) is 0 Å². The second-order valence-electron chi connectivity index (χ2n) is 6.34. The number of carbonyl (C=O) groups excluding carboxylic acids is 1. The van der Waals surface area contributed by atoms with E-state index >= 15 is 0 Å². The van der Waals surface area contributed by atoms with Gasteiger partial charge >= 0.3 is 0 Å². The molecule has 0 fully saturated rings. The smallest absolute Gasteiger partial charge is 0.241 e. The molecule has 0 saturated heterocycles. The number of hydrogen-bond acceptors (Lipinski definition) is 4. The molecule has 0 spiro atoms. The number of aromatic nitrogens is 1. The van der Waals surface area contributed by atoms with E-state index in [4.69, 9.17) is 10.2 Å². The van der Waals surface area contributed by atoms with E-state index in [1.54, 1.807) is 6.07 Å². The minimum atomic E-state index is -0.479. The Hall–Kier alpha value is -1.88. The number of benzene rings is 1. The molecule has 1 aromatic heterocycles. The van der Waals surface area contributed by atoms with Crippen LogP contribution in [0.15, 0.2) is 22.6 Å². The molecule has 5 nitrogen and oxygen atoms in total. The van der Waals surface area contributed by atoms with E-state index in [0.717, 1.165) is 17.5 Å². The Balaban J connectivity index is 2.21. The highest BCUT2D eigenvalue weighted by Gasteiger charge is 2.21. The molecule has 0 saturated carbocycles. The van der Waals surface area contributed by atoms with Gasteiger partial charge in [0, 0.05) is 11.1 Å². The molecular weight excluding hydrogens is 266 g/mol. The van der Waals surface area contributed by atoms with Gasteiger partial charge in [0.05, 0.1) is 6.04 Å². The summed E-state index contributed by atoms with van der Waals surface area (Å²) in [5.41, 5.74) is 7.80. The van der Waals surface area contributed by atoms with Crippen molar-refractivity contribution in [3.05, 3.63) is 24.1 Å². The average molecular weight is 289 g/mol. The molecule has 1 amide bonds. The first-order chi connectivity index (χ1) is 9.81. The minimum absolute atomic E-state index is 0.147. The van der Waals surface area contributed by atoms with Crippen molar-refractivity contribution in [1.29, 1.82) is 0 Å². The fourth-order valence-corrected chi connectivity index (χ4v) is 2.00. The van der Waals surface area contributed by atoms with Crippen LogP contribution in [0.2, 0.25) is 0 Å². The summed E-state index contributed by atoms with van der Waals surface area (Å²) >= 11 is 0. The monoisotopic (exact) mass is 289 g/mol. The summed E-state index contributed by atoms with van der Waals surface area (Å²) in [6.45, 7) is 8.14. The number of amides is 1. The number of rotatable bonds is 4. The number of anilines is 1. The number of nitrogens with one attached hydrogen (secondary N) is 1. The first kappa shape index (κ1) is 15.5. The highest BCUT2D eigenvalue weighted by Crippen LogP contribution is 2.27. The second-order valence-corrected chi connectivity index (χ2v) is 6.34. The van der Waals surface area contributed by atoms with Gasteiger partial charge in [-0.05, 0) is 24.6 Å². The number of hydrogen-bond donors (Lipinski definition) is 2. The minimum Gasteiger partial charge on any atom is -0.440 e. The molecule has 3 N–H and O–H groups in total. The van der Waals surface area contributed by atoms with Crippen LogP contribution < -0.4 is 11.1 Å². The molecule has 114 valence electrons. The molecular formula is C16H23N3O2. The lowest BCUT2D eigenvalue weighted by Gasteiger charge is -2.11. The fraction of sp³-hybridized carbons (Fsp3) is 0.500. The third kappa shape index (κ3) is 3.61. The molecule has 0 aliphatic rings. The van der Waals surface area contributed by atoms with E-state index in [1.165, 1.54) is 0 Å². The van der Waals surface area contributed by atoms with Gasteiger partial charge in [-0.3, -0.25) is 4.79 Å². The number of fused-ring (bicyclic) bond motifs is 1. The number of nitrogens with zero attached hydrogens (tertiary/aromatic N) is 1. The molecule has 0 aliphatic heterocycles. The Bertz CT molecular complexity index is 640. The highest BCUT2D eigenvalue weighted by atomic mass is 16.3. The molecule has 5 heteroatoms.